The van der Waals surface area contributed by atoms with Crippen LogP contribution < -0.4 is 0 Å². The summed E-state index contributed by atoms with van der Waals surface area (Å²) in [4.78, 5) is 72.6. The van der Waals surface area contributed by atoms with Gasteiger partial charge >= 0.3 is 39.5 Å². The van der Waals surface area contributed by atoms with Gasteiger partial charge in [0.25, 0.3) is 0 Å². The number of hydrogen-bond donors (Lipinski definition) is 3. The maximum Gasteiger partial charge on any atom is 0.472 e. The van der Waals surface area contributed by atoms with Crippen molar-refractivity contribution in [1.82, 2.24) is 0 Å². The first-order valence-electron chi connectivity index (χ1n) is 38.0. The number of rotatable bonds is 72. The Labute approximate surface area is 562 Å². The van der Waals surface area contributed by atoms with Gasteiger partial charge in [-0.15, -0.1) is 0 Å². The van der Waals surface area contributed by atoms with Crippen LogP contribution in [0.5, 0.6) is 0 Å². The van der Waals surface area contributed by atoms with E-state index in [0.717, 1.165) is 102 Å². The highest BCUT2D eigenvalue weighted by molar-refractivity contribution is 7.47. The van der Waals surface area contributed by atoms with Crippen LogP contribution in [0.4, 0.5) is 0 Å². The van der Waals surface area contributed by atoms with E-state index in [1.165, 1.54) is 193 Å². The van der Waals surface area contributed by atoms with Crippen LogP contribution in [-0.4, -0.2) is 96.7 Å². The second-order valence-electron chi connectivity index (χ2n) is 27.1. The van der Waals surface area contributed by atoms with Crippen molar-refractivity contribution in [2.24, 2.45) is 11.8 Å². The summed E-state index contributed by atoms with van der Waals surface area (Å²) in [5, 5.41) is 10.6. The Morgan fingerprint density at radius 3 is 0.826 bits per heavy atom. The van der Waals surface area contributed by atoms with Crippen molar-refractivity contribution in [3.8, 4) is 0 Å². The molecule has 0 aromatic rings. The highest BCUT2D eigenvalue weighted by atomic mass is 31.2. The summed E-state index contributed by atoms with van der Waals surface area (Å²) in [6.45, 7) is 9.61. The van der Waals surface area contributed by atoms with Gasteiger partial charge in [0.15, 0.2) is 12.2 Å². The van der Waals surface area contributed by atoms with Crippen molar-refractivity contribution < 1.29 is 80.2 Å². The molecule has 0 aromatic heterocycles. The van der Waals surface area contributed by atoms with Crippen LogP contribution in [0.1, 0.15) is 375 Å². The Morgan fingerprint density at radius 2 is 0.554 bits per heavy atom. The molecule has 0 saturated heterocycles. The molecule has 0 aromatic carbocycles. The number of ether oxygens (including phenoxy) is 4. The molecule has 17 nitrogen and oxygen atoms in total. The zero-order valence-electron chi connectivity index (χ0n) is 59.9. The smallest absolute Gasteiger partial charge is 0.462 e. The number of aliphatic hydroxyl groups is 1. The van der Waals surface area contributed by atoms with Crippen LogP contribution in [0.15, 0.2) is 0 Å². The number of esters is 4. The average Bonchev–Trinajstić information content (AvgIpc) is 2.14. The van der Waals surface area contributed by atoms with Gasteiger partial charge in [-0.25, -0.2) is 9.13 Å². The number of phosphoric ester groups is 2. The third kappa shape index (κ3) is 65.4. The minimum absolute atomic E-state index is 0.106. The Kier molecular flexibility index (Phi) is 63.7. The van der Waals surface area contributed by atoms with E-state index in [-0.39, 0.29) is 25.7 Å². The number of phosphoric acid groups is 2. The molecule has 0 radical (unpaired) electrons. The van der Waals surface area contributed by atoms with Crippen molar-refractivity contribution in [3.63, 3.8) is 0 Å². The molecule has 0 saturated carbocycles. The fraction of sp³-hybridized carbons (Fsp3) is 0.945. The number of carbonyl (C=O) groups excluding carboxylic acids is 4. The number of unbranched alkanes of at least 4 members (excludes halogenated alkanes) is 41. The molecule has 92 heavy (non-hydrogen) atoms. The molecule has 3 N–H and O–H groups in total. The Morgan fingerprint density at radius 1 is 0.315 bits per heavy atom. The van der Waals surface area contributed by atoms with Crippen molar-refractivity contribution in [2.75, 3.05) is 39.6 Å². The van der Waals surface area contributed by atoms with E-state index in [9.17, 15) is 43.2 Å². The summed E-state index contributed by atoms with van der Waals surface area (Å²) < 4.78 is 68.3. The summed E-state index contributed by atoms with van der Waals surface area (Å²) >= 11 is 0. The molecule has 0 heterocycles. The molecule has 0 aliphatic heterocycles. The predicted octanol–water partition coefficient (Wildman–Crippen LogP) is 21.2. The lowest BCUT2D eigenvalue weighted by atomic mass is 9.99. The van der Waals surface area contributed by atoms with Crippen molar-refractivity contribution in [1.29, 1.82) is 0 Å². The van der Waals surface area contributed by atoms with E-state index in [1.54, 1.807) is 0 Å². The first-order valence-corrected chi connectivity index (χ1v) is 41.0. The first kappa shape index (κ1) is 90.1. The molecule has 0 aliphatic carbocycles. The molecule has 19 heteroatoms. The largest absolute Gasteiger partial charge is 0.472 e. The lowest BCUT2D eigenvalue weighted by Gasteiger charge is -2.21. The third-order valence-corrected chi connectivity index (χ3v) is 19.2. The van der Waals surface area contributed by atoms with Crippen LogP contribution in [0, 0.1) is 11.8 Å². The van der Waals surface area contributed by atoms with E-state index in [2.05, 4.69) is 41.5 Å². The Bertz CT molecular complexity index is 1790. The molecule has 546 valence electrons. The molecular formula is C73H142O17P2. The van der Waals surface area contributed by atoms with Crippen LogP contribution >= 0.6 is 15.6 Å². The number of carbonyl (C=O) groups is 4. The van der Waals surface area contributed by atoms with E-state index < -0.39 is 97.5 Å². The van der Waals surface area contributed by atoms with Gasteiger partial charge in [-0.05, 0) is 37.5 Å². The van der Waals surface area contributed by atoms with E-state index in [1.807, 2.05) is 0 Å². The maximum atomic E-state index is 13.1. The molecule has 3 unspecified atom stereocenters. The Hall–Kier alpha value is -1.94. The van der Waals surface area contributed by atoms with Gasteiger partial charge < -0.3 is 33.8 Å². The van der Waals surface area contributed by atoms with Crippen LogP contribution in [0.2, 0.25) is 0 Å². The third-order valence-electron chi connectivity index (χ3n) is 17.3. The zero-order chi connectivity index (χ0) is 67.9. The van der Waals surface area contributed by atoms with Crippen LogP contribution in [-0.2, 0) is 65.4 Å². The zero-order valence-corrected chi connectivity index (χ0v) is 61.6. The molecule has 0 amide bonds. The van der Waals surface area contributed by atoms with Crippen molar-refractivity contribution >= 4 is 39.5 Å². The van der Waals surface area contributed by atoms with Gasteiger partial charge in [-0.1, -0.05) is 324 Å². The summed E-state index contributed by atoms with van der Waals surface area (Å²) in [5.74, 6) is -0.502. The van der Waals surface area contributed by atoms with Crippen LogP contribution in [0.25, 0.3) is 0 Å². The number of hydrogen-bond acceptors (Lipinski definition) is 15. The maximum absolute atomic E-state index is 13.1. The summed E-state index contributed by atoms with van der Waals surface area (Å²) in [5.41, 5.74) is 0. The molecular weight excluding hydrogens is 1210 g/mol. The van der Waals surface area contributed by atoms with E-state index >= 15 is 0 Å². The second kappa shape index (κ2) is 65.0. The fourth-order valence-electron chi connectivity index (χ4n) is 11.1. The van der Waals surface area contributed by atoms with E-state index in [0.29, 0.717) is 25.7 Å². The normalized spacial score (nSPS) is 14.4. The topological polar surface area (TPSA) is 237 Å². The molecule has 0 fully saturated rings. The molecule has 0 aliphatic rings. The summed E-state index contributed by atoms with van der Waals surface area (Å²) in [6.07, 6.45) is 51.2. The lowest BCUT2D eigenvalue weighted by Crippen LogP contribution is -2.30. The lowest BCUT2D eigenvalue weighted by molar-refractivity contribution is -0.161. The highest BCUT2D eigenvalue weighted by Crippen LogP contribution is 2.45. The Balaban J connectivity index is 5.21. The monoisotopic (exact) mass is 1350 g/mol. The van der Waals surface area contributed by atoms with E-state index in [4.69, 9.17) is 37.0 Å². The molecule has 6 atom stereocenters. The van der Waals surface area contributed by atoms with Crippen molar-refractivity contribution in [2.45, 2.75) is 394 Å². The predicted molar refractivity (Wildman–Crippen MR) is 372 cm³/mol. The quantitative estimate of drug-likeness (QED) is 0.0222. The molecule has 0 spiro atoms. The van der Waals surface area contributed by atoms with Gasteiger partial charge in [-0.2, -0.15) is 0 Å². The summed E-state index contributed by atoms with van der Waals surface area (Å²) in [6, 6.07) is 0. The van der Waals surface area contributed by atoms with Gasteiger partial charge in [0, 0.05) is 25.7 Å². The highest BCUT2D eigenvalue weighted by Gasteiger charge is 2.30. The summed E-state index contributed by atoms with van der Waals surface area (Å²) in [7, 11) is -9.90. The van der Waals surface area contributed by atoms with Gasteiger partial charge in [0.05, 0.1) is 26.4 Å². The fourth-order valence-corrected chi connectivity index (χ4v) is 12.7. The number of aliphatic hydroxyl groups excluding tert-OH is 1. The van der Waals surface area contributed by atoms with Gasteiger partial charge in [-0.3, -0.25) is 37.3 Å². The SMILES string of the molecule is CCCCCCCCCCCCC(=O)O[C@H](COC(=O)CCCCCCCCCCC)COP(=O)(O)OC[C@H](O)COP(=O)(O)OC[C@@H](COC(=O)CCCCCCCCCCCCC(C)CC)OC(=O)CCCCCCCCCCCCCCCCCCC(C)C. The van der Waals surface area contributed by atoms with Crippen molar-refractivity contribution in [3.05, 3.63) is 0 Å². The average molecular weight is 1350 g/mol. The minimum atomic E-state index is -4.95. The van der Waals surface area contributed by atoms with Gasteiger partial charge in [0.1, 0.15) is 19.3 Å². The van der Waals surface area contributed by atoms with Gasteiger partial charge in [0.2, 0.25) is 0 Å². The first-order chi connectivity index (χ1) is 44.4. The second-order valence-corrected chi connectivity index (χ2v) is 30.0. The minimum Gasteiger partial charge on any atom is -0.462 e. The molecule has 0 rings (SSSR count). The standard InChI is InChI=1S/C73H142O17P2/c1-7-10-12-14-16-18-32-39-45-51-57-72(77)89-68(61-83-70(75)55-49-43-37-29-17-15-13-11-8-2)63-87-91(79,80)85-59-67(74)60-86-92(81,82)88-64-69(62-84-71(76)56-50-44-38-33-28-27-31-36-42-48-54-66(6)9-3)90-73(78)58-52-46-40-34-26-24-22-20-19-21-23-25-30-35-41-47-53-65(4)5/h65-69,74H,7-64H2,1-6H3,(H,79,80)(H,81,82)/t66?,67-,68+,69+/m0/s1. The molecule has 0 bridgehead atoms. The van der Waals surface area contributed by atoms with Crippen LogP contribution in [0.3, 0.4) is 0 Å².